The van der Waals surface area contributed by atoms with Crippen molar-refractivity contribution in [3.05, 3.63) is 35.2 Å². The molecule has 0 aromatic carbocycles. The molecule has 0 aliphatic heterocycles. The Morgan fingerprint density at radius 1 is 1.53 bits per heavy atom. The number of H-pyrrole nitrogens is 1. The maximum atomic E-state index is 12.2. The molecule has 0 spiro atoms. The van der Waals surface area contributed by atoms with Crippen LogP contribution in [-0.2, 0) is 13.0 Å². The van der Waals surface area contributed by atoms with Crippen molar-refractivity contribution in [2.45, 2.75) is 33.2 Å². The number of rotatable bonds is 5. The fraction of sp³-hybridized carbons (Fsp3) is 0.462. The number of hydrogen-bond donors (Lipinski definition) is 1. The number of aromatic nitrogens is 3. The van der Waals surface area contributed by atoms with Gasteiger partial charge >= 0.3 is 0 Å². The third-order valence-electron chi connectivity index (χ3n) is 2.89. The van der Waals surface area contributed by atoms with E-state index in [1.807, 2.05) is 6.92 Å². The lowest BCUT2D eigenvalue weighted by atomic mass is 10.2. The average Bonchev–Trinajstić information content (AvgIpc) is 2.98. The SMILES string of the molecule is CCCc1noc(CN(C)C(=O)c2cc[nH]c2C)n1. The van der Waals surface area contributed by atoms with E-state index in [1.54, 1.807) is 24.2 Å². The van der Waals surface area contributed by atoms with E-state index in [-0.39, 0.29) is 5.91 Å². The van der Waals surface area contributed by atoms with Gasteiger partial charge in [0.2, 0.25) is 5.89 Å². The van der Waals surface area contributed by atoms with E-state index < -0.39 is 0 Å². The Kier molecular flexibility index (Phi) is 3.99. The zero-order valence-electron chi connectivity index (χ0n) is 11.4. The van der Waals surface area contributed by atoms with Crippen molar-refractivity contribution in [1.82, 2.24) is 20.0 Å². The summed E-state index contributed by atoms with van der Waals surface area (Å²) >= 11 is 0. The highest BCUT2D eigenvalue weighted by molar-refractivity contribution is 5.95. The summed E-state index contributed by atoms with van der Waals surface area (Å²) in [5.41, 5.74) is 1.52. The Bertz CT molecular complexity index is 558. The number of nitrogens with zero attached hydrogens (tertiary/aromatic N) is 3. The topological polar surface area (TPSA) is 75.0 Å². The predicted octanol–water partition coefficient (Wildman–Crippen LogP) is 1.93. The van der Waals surface area contributed by atoms with Crippen LogP contribution in [0, 0.1) is 6.92 Å². The van der Waals surface area contributed by atoms with E-state index in [0.717, 1.165) is 18.5 Å². The Hall–Kier alpha value is -2.11. The van der Waals surface area contributed by atoms with Crippen LogP contribution in [0.5, 0.6) is 0 Å². The highest BCUT2D eigenvalue weighted by Gasteiger charge is 2.17. The molecule has 0 fully saturated rings. The molecule has 6 nitrogen and oxygen atoms in total. The Morgan fingerprint density at radius 2 is 2.32 bits per heavy atom. The normalized spacial score (nSPS) is 10.7. The standard InChI is InChI=1S/C13H18N4O2/c1-4-5-11-15-12(19-16-11)8-17(3)13(18)10-6-7-14-9(10)2/h6-7,14H,4-5,8H2,1-3H3. The van der Waals surface area contributed by atoms with E-state index in [9.17, 15) is 4.79 Å². The Balaban J connectivity index is 2.02. The van der Waals surface area contributed by atoms with E-state index in [4.69, 9.17) is 4.52 Å². The molecule has 102 valence electrons. The van der Waals surface area contributed by atoms with Gasteiger partial charge in [0, 0.05) is 25.4 Å². The average molecular weight is 262 g/mol. The molecule has 0 aliphatic rings. The molecule has 19 heavy (non-hydrogen) atoms. The lowest BCUT2D eigenvalue weighted by Crippen LogP contribution is -2.26. The lowest BCUT2D eigenvalue weighted by molar-refractivity contribution is 0.0769. The number of amides is 1. The molecular weight excluding hydrogens is 244 g/mol. The second kappa shape index (κ2) is 5.69. The smallest absolute Gasteiger partial charge is 0.255 e. The summed E-state index contributed by atoms with van der Waals surface area (Å²) in [6.07, 6.45) is 3.51. The van der Waals surface area contributed by atoms with Gasteiger partial charge in [-0.15, -0.1) is 0 Å². The van der Waals surface area contributed by atoms with Gasteiger partial charge in [-0.05, 0) is 19.4 Å². The van der Waals surface area contributed by atoms with Crippen LogP contribution in [0.3, 0.4) is 0 Å². The molecule has 0 unspecified atom stereocenters. The minimum Gasteiger partial charge on any atom is -0.365 e. The van der Waals surface area contributed by atoms with E-state index in [1.165, 1.54) is 0 Å². The van der Waals surface area contributed by atoms with Gasteiger partial charge in [0.1, 0.15) is 0 Å². The van der Waals surface area contributed by atoms with Crippen LogP contribution in [0.2, 0.25) is 0 Å². The monoisotopic (exact) mass is 262 g/mol. The second-order valence-corrected chi connectivity index (χ2v) is 4.53. The Morgan fingerprint density at radius 3 is 2.95 bits per heavy atom. The Labute approximate surface area is 111 Å². The maximum absolute atomic E-state index is 12.2. The minimum absolute atomic E-state index is 0.0611. The van der Waals surface area contributed by atoms with Gasteiger partial charge in [-0.2, -0.15) is 4.98 Å². The summed E-state index contributed by atoms with van der Waals surface area (Å²) in [6.45, 7) is 4.24. The van der Waals surface area contributed by atoms with Crippen molar-refractivity contribution < 1.29 is 9.32 Å². The number of carbonyl (C=O) groups is 1. The number of hydrogen-bond acceptors (Lipinski definition) is 4. The lowest BCUT2D eigenvalue weighted by Gasteiger charge is -2.14. The molecule has 2 aromatic rings. The summed E-state index contributed by atoms with van der Waals surface area (Å²) in [5.74, 6) is 1.10. The van der Waals surface area contributed by atoms with Gasteiger partial charge in [-0.25, -0.2) is 0 Å². The maximum Gasteiger partial charge on any atom is 0.255 e. The fourth-order valence-corrected chi connectivity index (χ4v) is 1.84. The van der Waals surface area contributed by atoms with Crippen molar-refractivity contribution in [2.75, 3.05) is 7.05 Å². The molecule has 1 amide bonds. The van der Waals surface area contributed by atoms with Gasteiger partial charge in [-0.1, -0.05) is 12.1 Å². The van der Waals surface area contributed by atoms with Gasteiger partial charge in [0.15, 0.2) is 5.82 Å². The first-order chi connectivity index (χ1) is 9.11. The minimum atomic E-state index is -0.0611. The van der Waals surface area contributed by atoms with Crippen LogP contribution in [0.1, 0.15) is 41.1 Å². The predicted molar refractivity (Wildman–Crippen MR) is 69.6 cm³/mol. The van der Waals surface area contributed by atoms with Gasteiger partial charge in [0.25, 0.3) is 5.91 Å². The van der Waals surface area contributed by atoms with E-state index >= 15 is 0 Å². The molecule has 0 radical (unpaired) electrons. The number of aromatic amines is 1. The molecule has 0 saturated carbocycles. The van der Waals surface area contributed by atoms with Crippen molar-refractivity contribution in [3.63, 3.8) is 0 Å². The van der Waals surface area contributed by atoms with Crippen LogP contribution in [0.15, 0.2) is 16.8 Å². The summed E-state index contributed by atoms with van der Waals surface area (Å²) in [4.78, 5) is 21.0. The fourth-order valence-electron chi connectivity index (χ4n) is 1.84. The largest absolute Gasteiger partial charge is 0.365 e. The molecule has 6 heteroatoms. The van der Waals surface area contributed by atoms with Crippen LogP contribution in [0.4, 0.5) is 0 Å². The molecule has 0 aliphatic carbocycles. The molecular formula is C13H18N4O2. The van der Waals surface area contributed by atoms with Crippen LogP contribution in [-0.4, -0.2) is 33.0 Å². The zero-order chi connectivity index (χ0) is 13.8. The molecule has 1 N–H and O–H groups in total. The summed E-state index contributed by atoms with van der Waals surface area (Å²) in [5, 5.41) is 3.87. The van der Waals surface area contributed by atoms with Crippen LogP contribution >= 0.6 is 0 Å². The number of nitrogens with one attached hydrogen (secondary N) is 1. The summed E-state index contributed by atoms with van der Waals surface area (Å²) in [6, 6.07) is 1.77. The first-order valence-electron chi connectivity index (χ1n) is 6.32. The number of carbonyl (C=O) groups excluding carboxylic acids is 1. The van der Waals surface area contributed by atoms with Gasteiger partial charge < -0.3 is 14.4 Å². The van der Waals surface area contributed by atoms with Gasteiger partial charge in [0.05, 0.1) is 12.1 Å². The highest BCUT2D eigenvalue weighted by Crippen LogP contribution is 2.10. The molecule has 2 heterocycles. The van der Waals surface area contributed by atoms with Crippen molar-refractivity contribution >= 4 is 5.91 Å². The molecule has 0 saturated heterocycles. The summed E-state index contributed by atoms with van der Waals surface area (Å²) < 4.78 is 5.12. The zero-order valence-corrected chi connectivity index (χ0v) is 11.4. The van der Waals surface area contributed by atoms with Crippen molar-refractivity contribution in [1.29, 1.82) is 0 Å². The van der Waals surface area contributed by atoms with Crippen molar-refractivity contribution in [2.24, 2.45) is 0 Å². The summed E-state index contributed by atoms with van der Waals surface area (Å²) in [7, 11) is 1.72. The molecule has 2 aromatic heterocycles. The third-order valence-corrected chi connectivity index (χ3v) is 2.89. The molecule has 0 bridgehead atoms. The first-order valence-corrected chi connectivity index (χ1v) is 6.32. The quantitative estimate of drug-likeness (QED) is 0.893. The molecule has 2 rings (SSSR count). The van der Waals surface area contributed by atoms with Crippen LogP contribution < -0.4 is 0 Å². The first kappa shape index (κ1) is 13.3. The second-order valence-electron chi connectivity index (χ2n) is 4.53. The van der Waals surface area contributed by atoms with Crippen molar-refractivity contribution in [3.8, 4) is 0 Å². The number of aryl methyl sites for hydroxylation is 2. The van der Waals surface area contributed by atoms with E-state index in [0.29, 0.717) is 23.8 Å². The highest BCUT2D eigenvalue weighted by atomic mass is 16.5. The molecule has 0 atom stereocenters. The van der Waals surface area contributed by atoms with Crippen LogP contribution in [0.25, 0.3) is 0 Å². The van der Waals surface area contributed by atoms with Gasteiger partial charge in [-0.3, -0.25) is 4.79 Å². The third kappa shape index (κ3) is 3.01. The van der Waals surface area contributed by atoms with E-state index in [2.05, 4.69) is 22.0 Å².